The van der Waals surface area contributed by atoms with E-state index in [1.54, 1.807) is 0 Å². The van der Waals surface area contributed by atoms with Gasteiger partial charge in [0.2, 0.25) is 0 Å². The van der Waals surface area contributed by atoms with Gasteiger partial charge < -0.3 is 10.6 Å². The van der Waals surface area contributed by atoms with Crippen LogP contribution in [0.5, 0.6) is 0 Å². The number of rotatable bonds is 4. The molecule has 0 aliphatic carbocycles. The molecule has 0 amide bonds. The summed E-state index contributed by atoms with van der Waals surface area (Å²) < 4.78 is 1.21. The van der Waals surface area contributed by atoms with E-state index in [4.69, 9.17) is 0 Å². The number of nitrogens with one attached hydrogen (secondary N) is 2. The Morgan fingerprint density at radius 3 is 2.81 bits per heavy atom. The van der Waals surface area contributed by atoms with Crippen LogP contribution in [0.25, 0.3) is 0 Å². The molecule has 0 spiro atoms. The maximum Gasteiger partial charge on any atom is 0.0702 e. The van der Waals surface area contributed by atoms with Gasteiger partial charge in [0, 0.05) is 37.6 Å². The molecule has 1 saturated heterocycles. The van der Waals surface area contributed by atoms with Crippen molar-refractivity contribution in [3.63, 3.8) is 0 Å². The fourth-order valence-electron chi connectivity index (χ4n) is 1.99. The highest BCUT2D eigenvalue weighted by Crippen LogP contribution is 2.27. The average molecular weight is 304 g/mol. The Kier molecular flexibility index (Phi) is 4.79. The molecule has 1 aromatic rings. The van der Waals surface area contributed by atoms with Crippen LogP contribution in [0.4, 0.5) is 0 Å². The minimum absolute atomic E-state index is 0.453. The van der Waals surface area contributed by atoms with Crippen LogP contribution in [0.2, 0.25) is 0 Å². The zero-order valence-electron chi connectivity index (χ0n) is 9.50. The van der Waals surface area contributed by atoms with E-state index in [1.807, 2.05) is 18.4 Å². The van der Waals surface area contributed by atoms with Crippen molar-refractivity contribution in [2.75, 3.05) is 39.8 Å². The molecule has 0 saturated carbocycles. The van der Waals surface area contributed by atoms with Gasteiger partial charge in [0.1, 0.15) is 0 Å². The van der Waals surface area contributed by atoms with E-state index in [-0.39, 0.29) is 0 Å². The first-order valence-electron chi connectivity index (χ1n) is 5.65. The standard InChI is InChI=1S/C11H18BrN3S/c1-13-9(10-2-3-11(12)16-10)8-15-6-4-14-5-7-15/h2-3,9,13-14H,4-8H2,1H3. The van der Waals surface area contributed by atoms with E-state index >= 15 is 0 Å². The molecular formula is C11H18BrN3S. The number of halogens is 1. The van der Waals surface area contributed by atoms with Crippen molar-refractivity contribution in [1.29, 1.82) is 0 Å². The van der Waals surface area contributed by atoms with E-state index in [0.29, 0.717) is 6.04 Å². The molecule has 1 unspecified atom stereocenters. The molecular weight excluding hydrogens is 286 g/mol. The smallest absolute Gasteiger partial charge is 0.0702 e. The highest BCUT2D eigenvalue weighted by atomic mass is 79.9. The van der Waals surface area contributed by atoms with Crippen molar-refractivity contribution in [3.8, 4) is 0 Å². The molecule has 5 heteroatoms. The minimum Gasteiger partial charge on any atom is -0.314 e. The summed E-state index contributed by atoms with van der Waals surface area (Å²) in [6, 6.07) is 4.79. The lowest BCUT2D eigenvalue weighted by Gasteiger charge is -2.30. The minimum atomic E-state index is 0.453. The molecule has 0 aromatic carbocycles. The van der Waals surface area contributed by atoms with E-state index in [2.05, 4.69) is 43.6 Å². The number of hydrogen-bond donors (Lipinski definition) is 2. The van der Waals surface area contributed by atoms with Crippen LogP contribution >= 0.6 is 27.3 Å². The van der Waals surface area contributed by atoms with Gasteiger partial charge in [-0.1, -0.05) is 0 Å². The van der Waals surface area contributed by atoms with E-state index in [9.17, 15) is 0 Å². The summed E-state index contributed by atoms with van der Waals surface area (Å²) in [5.41, 5.74) is 0. The Bertz CT molecular complexity index is 323. The lowest BCUT2D eigenvalue weighted by atomic mass is 10.2. The van der Waals surface area contributed by atoms with Gasteiger partial charge >= 0.3 is 0 Å². The van der Waals surface area contributed by atoms with Crippen molar-refractivity contribution >= 4 is 27.3 Å². The fraction of sp³-hybridized carbons (Fsp3) is 0.636. The maximum absolute atomic E-state index is 3.52. The SMILES string of the molecule is CNC(CN1CCNCC1)c1ccc(Br)s1. The first-order valence-corrected chi connectivity index (χ1v) is 7.26. The number of nitrogens with zero attached hydrogens (tertiary/aromatic N) is 1. The summed E-state index contributed by atoms with van der Waals surface area (Å²) in [6.07, 6.45) is 0. The third-order valence-corrected chi connectivity index (χ3v) is 4.67. The zero-order valence-corrected chi connectivity index (χ0v) is 11.9. The largest absolute Gasteiger partial charge is 0.314 e. The van der Waals surface area contributed by atoms with Gasteiger partial charge in [0.15, 0.2) is 0 Å². The Balaban J connectivity index is 1.94. The molecule has 2 N–H and O–H groups in total. The van der Waals surface area contributed by atoms with Crippen LogP contribution in [0, 0.1) is 0 Å². The van der Waals surface area contributed by atoms with Crippen molar-refractivity contribution in [2.45, 2.75) is 6.04 Å². The van der Waals surface area contributed by atoms with E-state index in [0.717, 1.165) is 32.7 Å². The number of piperazine rings is 1. The van der Waals surface area contributed by atoms with Gasteiger partial charge in [-0.05, 0) is 35.1 Å². The Morgan fingerprint density at radius 1 is 1.50 bits per heavy atom. The number of hydrogen-bond acceptors (Lipinski definition) is 4. The van der Waals surface area contributed by atoms with Crippen LogP contribution in [-0.2, 0) is 0 Å². The van der Waals surface area contributed by atoms with Crippen LogP contribution in [-0.4, -0.2) is 44.7 Å². The van der Waals surface area contributed by atoms with Crippen LogP contribution in [0.3, 0.4) is 0 Å². The Labute approximate surface area is 109 Å². The lowest BCUT2D eigenvalue weighted by molar-refractivity contribution is 0.220. The molecule has 1 aliphatic rings. The van der Waals surface area contributed by atoms with Crippen molar-refractivity contribution < 1.29 is 0 Å². The van der Waals surface area contributed by atoms with E-state index in [1.165, 1.54) is 8.66 Å². The van der Waals surface area contributed by atoms with Crippen LogP contribution < -0.4 is 10.6 Å². The molecule has 0 radical (unpaired) electrons. The predicted octanol–water partition coefficient (Wildman–Crippen LogP) is 1.68. The first-order chi connectivity index (χ1) is 7.79. The quantitative estimate of drug-likeness (QED) is 0.886. The fourth-order valence-corrected chi connectivity index (χ4v) is 3.52. The van der Waals surface area contributed by atoms with Gasteiger partial charge in [0.25, 0.3) is 0 Å². The van der Waals surface area contributed by atoms with Gasteiger partial charge in [-0.2, -0.15) is 0 Å². The second kappa shape index (κ2) is 6.12. The highest BCUT2D eigenvalue weighted by Gasteiger charge is 2.17. The third-order valence-electron chi connectivity index (χ3n) is 2.94. The molecule has 3 nitrogen and oxygen atoms in total. The Morgan fingerprint density at radius 2 is 2.25 bits per heavy atom. The maximum atomic E-state index is 3.52. The summed E-state index contributed by atoms with van der Waals surface area (Å²) in [6.45, 7) is 5.65. The highest BCUT2D eigenvalue weighted by molar-refractivity contribution is 9.11. The zero-order chi connectivity index (χ0) is 11.4. The summed E-state index contributed by atoms with van der Waals surface area (Å²) in [5, 5.41) is 6.79. The molecule has 1 aliphatic heterocycles. The molecule has 2 rings (SSSR count). The van der Waals surface area contributed by atoms with E-state index < -0.39 is 0 Å². The number of likely N-dealkylation sites (N-methyl/N-ethyl adjacent to an activating group) is 1. The third kappa shape index (κ3) is 3.28. The molecule has 16 heavy (non-hydrogen) atoms. The topological polar surface area (TPSA) is 27.3 Å². The van der Waals surface area contributed by atoms with Crippen molar-refractivity contribution in [2.24, 2.45) is 0 Å². The average Bonchev–Trinajstić information content (AvgIpc) is 2.74. The van der Waals surface area contributed by atoms with Crippen molar-refractivity contribution in [1.82, 2.24) is 15.5 Å². The summed E-state index contributed by atoms with van der Waals surface area (Å²) in [5.74, 6) is 0. The molecule has 1 fully saturated rings. The second-order valence-electron chi connectivity index (χ2n) is 4.03. The summed E-state index contributed by atoms with van der Waals surface area (Å²) in [4.78, 5) is 3.93. The summed E-state index contributed by atoms with van der Waals surface area (Å²) in [7, 11) is 2.04. The molecule has 0 bridgehead atoms. The molecule has 1 aromatic heterocycles. The van der Waals surface area contributed by atoms with Crippen molar-refractivity contribution in [3.05, 3.63) is 20.8 Å². The van der Waals surface area contributed by atoms with Gasteiger partial charge in [0.05, 0.1) is 9.83 Å². The van der Waals surface area contributed by atoms with Crippen LogP contribution in [0.15, 0.2) is 15.9 Å². The van der Waals surface area contributed by atoms with Gasteiger partial charge in [-0.25, -0.2) is 0 Å². The molecule has 90 valence electrons. The van der Waals surface area contributed by atoms with Gasteiger partial charge in [-0.15, -0.1) is 11.3 Å². The molecule has 2 heterocycles. The predicted molar refractivity (Wildman–Crippen MR) is 73.1 cm³/mol. The monoisotopic (exact) mass is 303 g/mol. The Hall–Kier alpha value is 0.0600. The second-order valence-corrected chi connectivity index (χ2v) is 6.53. The number of thiophene rings is 1. The van der Waals surface area contributed by atoms with Crippen LogP contribution in [0.1, 0.15) is 10.9 Å². The van der Waals surface area contributed by atoms with Gasteiger partial charge in [-0.3, -0.25) is 4.90 Å². The lowest BCUT2D eigenvalue weighted by Crippen LogP contribution is -2.46. The normalized spacial score (nSPS) is 19.9. The molecule has 1 atom stereocenters. The summed E-state index contributed by atoms with van der Waals surface area (Å²) >= 11 is 5.34. The first kappa shape index (κ1) is 12.5.